The smallest absolute Gasteiger partial charge is 0.253 e. The molecule has 7 nitrogen and oxygen atoms in total. The topological polar surface area (TPSA) is 117 Å². The van der Waals surface area contributed by atoms with E-state index in [1.54, 1.807) is 0 Å². The van der Waals surface area contributed by atoms with E-state index in [1.165, 1.54) is 24.3 Å². The summed E-state index contributed by atoms with van der Waals surface area (Å²) in [6.07, 6.45) is -1.22. The van der Waals surface area contributed by atoms with Crippen molar-refractivity contribution in [3.63, 3.8) is 0 Å². The normalized spacial score (nSPS) is 15.8. The lowest BCUT2D eigenvalue weighted by Crippen LogP contribution is -2.99. The minimum absolute atomic E-state index is 0.0621. The van der Waals surface area contributed by atoms with Gasteiger partial charge in [0.15, 0.2) is 10.5 Å². The van der Waals surface area contributed by atoms with Crippen LogP contribution in [0.4, 0.5) is 5.69 Å². The quantitative estimate of drug-likeness (QED) is 0.354. The van der Waals surface area contributed by atoms with Crippen molar-refractivity contribution in [3.05, 3.63) is 35.0 Å². The van der Waals surface area contributed by atoms with Gasteiger partial charge in [0.2, 0.25) is 0 Å². The second-order valence-electron chi connectivity index (χ2n) is 3.97. The van der Waals surface area contributed by atoms with Gasteiger partial charge in [0.25, 0.3) is 5.91 Å². The van der Waals surface area contributed by atoms with Crippen molar-refractivity contribution < 1.29 is 25.4 Å². The first-order valence-electron chi connectivity index (χ1n) is 5.57. The summed E-state index contributed by atoms with van der Waals surface area (Å²) in [6.45, 7) is -0.534. The molecule has 1 aromatic rings. The SMILES string of the molecule is O=C(NC(CO)C(O)c1ccc([NH+]([O-])O)cc1)C(Cl)Cl. The predicted molar refractivity (Wildman–Crippen MR) is 71.7 cm³/mol. The maximum absolute atomic E-state index is 11.3. The van der Waals surface area contributed by atoms with Crippen molar-refractivity contribution in [1.82, 2.24) is 5.32 Å². The van der Waals surface area contributed by atoms with E-state index in [4.69, 9.17) is 28.4 Å². The van der Waals surface area contributed by atoms with Crippen molar-refractivity contribution >= 4 is 34.8 Å². The van der Waals surface area contributed by atoms with Gasteiger partial charge in [-0.15, -0.1) is 0 Å². The maximum Gasteiger partial charge on any atom is 0.253 e. The van der Waals surface area contributed by atoms with E-state index >= 15 is 0 Å². The van der Waals surface area contributed by atoms with Crippen molar-refractivity contribution in [3.8, 4) is 0 Å². The standard InChI is InChI=1S/C11H14Cl2N2O5/c12-10(13)11(18)14-8(5-16)9(17)6-1-3-7(4-2-6)15(19)20/h1-4,8-10,15-17,19H,5H2,(H,14,18). The first-order chi connectivity index (χ1) is 9.36. The maximum atomic E-state index is 11.3. The van der Waals surface area contributed by atoms with E-state index in [1.807, 2.05) is 0 Å². The van der Waals surface area contributed by atoms with Crippen molar-refractivity contribution in [2.24, 2.45) is 0 Å². The first kappa shape index (κ1) is 17.1. The van der Waals surface area contributed by atoms with Gasteiger partial charge >= 0.3 is 0 Å². The number of carbonyl (C=O) groups is 1. The van der Waals surface area contributed by atoms with Crippen LogP contribution in [0.5, 0.6) is 0 Å². The molecule has 1 amide bonds. The summed E-state index contributed by atoms with van der Waals surface area (Å²) in [5, 5.41) is 39.9. The van der Waals surface area contributed by atoms with Gasteiger partial charge in [0.1, 0.15) is 6.10 Å². The Morgan fingerprint density at radius 1 is 1.35 bits per heavy atom. The molecule has 0 fully saturated rings. The van der Waals surface area contributed by atoms with Crippen LogP contribution in [0.3, 0.4) is 0 Å². The summed E-state index contributed by atoms with van der Waals surface area (Å²) in [5.41, 5.74) is 0.405. The number of quaternary nitrogens is 1. The fraction of sp³-hybridized carbons (Fsp3) is 0.364. The third-order valence-electron chi connectivity index (χ3n) is 2.60. The summed E-state index contributed by atoms with van der Waals surface area (Å²) in [4.78, 5) is 10.0. The van der Waals surface area contributed by atoms with Gasteiger partial charge in [-0.2, -0.15) is 5.23 Å². The fourth-order valence-corrected chi connectivity index (χ4v) is 1.65. The molecule has 0 heterocycles. The number of amides is 1. The summed E-state index contributed by atoms with van der Waals surface area (Å²) in [6, 6.07) is 4.40. The number of aliphatic hydroxyl groups excluding tert-OH is 2. The highest BCUT2D eigenvalue weighted by atomic mass is 35.5. The Morgan fingerprint density at radius 3 is 2.30 bits per heavy atom. The van der Waals surface area contributed by atoms with Crippen molar-refractivity contribution in [2.45, 2.75) is 17.0 Å². The Morgan fingerprint density at radius 2 is 1.90 bits per heavy atom. The zero-order chi connectivity index (χ0) is 15.3. The van der Waals surface area contributed by atoms with Crippen LogP contribution >= 0.6 is 23.2 Å². The van der Waals surface area contributed by atoms with Crippen LogP contribution in [0.1, 0.15) is 11.7 Å². The Kier molecular flexibility index (Phi) is 6.63. The average molecular weight is 325 g/mol. The van der Waals surface area contributed by atoms with Gasteiger partial charge in [-0.3, -0.25) is 4.79 Å². The highest BCUT2D eigenvalue weighted by molar-refractivity contribution is 6.53. The van der Waals surface area contributed by atoms with Gasteiger partial charge < -0.3 is 20.7 Å². The fourth-order valence-electron chi connectivity index (χ4n) is 1.53. The summed E-state index contributed by atoms with van der Waals surface area (Å²) in [7, 11) is 0. The molecule has 0 aliphatic heterocycles. The molecular weight excluding hydrogens is 311 g/mol. The van der Waals surface area contributed by atoms with Crippen LogP contribution in [0.25, 0.3) is 0 Å². The van der Waals surface area contributed by atoms with Crippen molar-refractivity contribution in [2.75, 3.05) is 6.61 Å². The molecule has 0 aliphatic rings. The molecule has 112 valence electrons. The number of hydrogen-bond acceptors (Lipinski definition) is 5. The molecule has 5 N–H and O–H groups in total. The van der Waals surface area contributed by atoms with Crippen LogP contribution < -0.4 is 10.5 Å². The highest BCUT2D eigenvalue weighted by Crippen LogP contribution is 2.18. The minimum atomic E-state index is -1.31. The van der Waals surface area contributed by atoms with E-state index < -0.39 is 34.7 Å². The molecule has 0 saturated carbocycles. The third-order valence-corrected chi connectivity index (χ3v) is 3.00. The molecule has 3 atom stereocenters. The Balaban J connectivity index is 2.80. The number of nitrogens with one attached hydrogen (secondary N) is 2. The lowest BCUT2D eigenvalue weighted by molar-refractivity contribution is -0.991. The van der Waals surface area contributed by atoms with Crippen LogP contribution in [0, 0.1) is 5.21 Å². The van der Waals surface area contributed by atoms with Gasteiger partial charge in [0, 0.05) is 12.1 Å². The van der Waals surface area contributed by atoms with E-state index in [9.17, 15) is 20.2 Å². The summed E-state index contributed by atoms with van der Waals surface area (Å²) >= 11 is 10.7. The number of aliphatic hydroxyl groups is 2. The Labute approximate surface area is 124 Å². The molecule has 0 aliphatic carbocycles. The van der Waals surface area contributed by atoms with Gasteiger partial charge in [-0.05, 0) is 5.56 Å². The lowest BCUT2D eigenvalue weighted by Gasteiger charge is -2.23. The molecule has 0 aromatic heterocycles. The molecule has 0 saturated heterocycles. The molecule has 3 unspecified atom stereocenters. The Hall–Kier alpha value is -0.930. The van der Waals surface area contributed by atoms with E-state index in [2.05, 4.69) is 5.32 Å². The van der Waals surface area contributed by atoms with E-state index in [-0.39, 0.29) is 5.69 Å². The Bertz CT molecular complexity index is 441. The van der Waals surface area contributed by atoms with Gasteiger partial charge in [-0.25, -0.2) is 5.21 Å². The summed E-state index contributed by atoms with van der Waals surface area (Å²) < 4.78 is 0. The van der Waals surface area contributed by atoms with Gasteiger partial charge in [-0.1, -0.05) is 35.3 Å². The highest BCUT2D eigenvalue weighted by Gasteiger charge is 2.24. The largest absolute Gasteiger partial charge is 0.595 e. The van der Waals surface area contributed by atoms with Crippen LogP contribution in [0.2, 0.25) is 0 Å². The number of rotatable bonds is 6. The van der Waals surface area contributed by atoms with Crippen LogP contribution in [-0.4, -0.2) is 38.8 Å². The molecule has 9 heteroatoms. The number of hydrogen-bond donors (Lipinski definition) is 5. The number of alkyl halides is 2. The van der Waals surface area contributed by atoms with E-state index in [0.29, 0.717) is 5.56 Å². The van der Waals surface area contributed by atoms with Crippen molar-refractivity contribution in [1.29, 1.82) is 0 Å². The molecule has 0 spiro atoms. The molecular formula is C11H14Cl2N2O5. The molecule has 0 radical (unpaired) electrons. The molecule has 1 aromatic carbocycles. The number of benzene rings is 1. The van der Waals surface area contributed by atoms with Crippen LogP contribution in [0.15, 0.2) is 24.3 Å². The van der Waals surface area contributed by atoms with E-state index in [0.717, 1.165) is 0 Å². The van der Waals surface area contributed by atoms with Gasteiger partial charge in [0.05, 0.1) is 12.6 Å². The monoisotopic (exact) mass is 324 g/mol. The average Bonchev–Trinajstić information content (AvgIpc) is 2.43. The molecule has 0 bridgehead atoms. The second-order valence-corrected chi connectivity index (χ2v) is 5.07. The zero-order valence-electron chi connectivity index (χ0n) is 10.2. The zero-order valence-corrected chi connectivity index (χ0v) is 11.7. The predicted octanol–water partition coefficient (Wildman–Crippen LogP) is -0.596. The first-order valence-corrected chi connectivity index (χ1v) is 6.44. The minimum Gasteiger partial charge on any atom is -0.595 e. The molecule has 20 heavy (non-hydrogen) atoms. The number of carbonyl (C=O) groups excluding carboxylic acids is 1. The molecule has 1 rings (SSSR count). The lowest BCUT2D eigenvalue weighted by atomic mass is 10.0. The van der Waals surface area contributed by atoms with Crippen LogP contribution in [-0.2, 0) is 4.79 Å². The third kappa shape index (κ3) is 4.57. The number of halogens is 2. The summed E-state index contributed by atoms with van der Waals surface area (Å²) in [5.74, 6) is -0.742. The second kappa shape index (κ2) is 7.75.